The number of aryl methyl sites for hydroxylation is 1. The van der Waals surface area contributed by atoms with Gasteiger partial charge in [-0.15, -0.1) is 0 Å². The summed E-state index contributed by atoms with van der Waals surface area (Å²) >= 11 is 0. The lowest BCUT2D eigenvalue weighted by molar-refractivity contribution is -0.0498. The lowest BCUT2D eigenvalue weighted by Crippen LogP contribution is -2.26. The van der Waals surface area contributed by atoms with Crippen molar-refractivity contribution in [3.8, 4) is 5.75 Å². The Balaban J connectivity index is 1.28. The van der Waals surface area contributed by atoms with Gasteiger partial charge in [-0.25, -0.2) is 0 Å². The second kappa shape index (κ2) is 13.4. The summed E-state index contributed by atoms with van der Waals surface area (Å²) in [4.78, 5) is 0. The van der Waals surface area contributed by atoms with Gasteiger partial charge in [0.05, 0.1) is 0 Å². The van der Waals surface area contributed by atoms with E-state index in [-0.39, 0.29) is 5.75 Å². The number of hydrogen-bond donors (Lipinski definition) is 0. The summed E-state index contributed by atoms with van der Waals surface area (Å²) in [5, 5.41) is 0. The van der Waals surface area contributed by atoms with Gasteiger partial charge in [-0.3, -0.25) is 0 Å². The van der Waals surface area contributed by atoms with Crippen molar-refractivity contribution >= 4 is 0 Å². The van der Waals surface area contributed by atoms with Crippen LogP contribution in [0.3, 0.4) is 0 Å². The van der Waals surface area contributed by atoms with E-state index in [2.05, 4.69) is 11.7 Å². The third kappa shape index (κ3) is 8.73. The van der Waals surface area contributed by atoms with Crippen LogP contribution >= 0.6 is 0 Å². The van der Waals surface area contributed by atoms with E-state index in [0.29, 0.717) is 0 Å². The van der Waals surface area contributed by atoms with E-state index in [4.69, 9.17) is 0 Å². The standard InChI is InChI=1S/C28H44F2O/c1-2-3-4-5-6-7-22-10-16-25(17-11-22)26-18-12-23(13-19-26)8-9-24-14-20-27(21-15-24)31-28(29)30/h14-15,20-23,25-26,28H,2-13,16-19H2,1H3/t22-,23-,25-,26-. The van der Waals surface area contributed by atoms with Gasteiger partial charge in [0.25, 0.3) is 0 Å². The molecule has 1 nitrogen and oxygen atoms in total. The summed E-state index contributed by atoms with van der Waals surface area (Å²) in [5.74, 6) is 4.09. The number of hydrogen-bond acceptors (Lipinski definition) is 1. The van der Waals surface area contributed by atoms with Gasteiger partial charge < -0.3 is 4.74 Å². The zero-order valence-electron chi connectivity index (χ0n) is 19.7. The molecular formula is C28H44F2O. The molecule has 2 aliphatic rings. The summed E-state index contributed by atoms with van der Waals surface area (Å²) in [6, 6.07) is 7.21. The van der Waals surface area contributed by atoms with E-state index in [1.807, 2.05) is 12.1 Å². The largest absolute Gasteiger partial charge is 0.435 e. The minimum Gasteiger partial charge on any atom is -0.435 e. The molecule has 0 heterocycles. The van der Waals surface area contributed by atoms with Crippen molar-refractivity contribution in [3.63, 3.8) is 0 Å². The first-order valence-corrected chi connectivity index (χ1v) is 13.2. The van der Waals surface area contributed by atoms with E-state index >= 15 is 0 Å². The molecule has 0 atom stereocenters. The van der Waals surface area contributed by atoms with Crippen LogP contribution < -0.4 is 4.74 Å². The normalized spacial score (nSPS) is 26.8. The Bertz CT molecular complexity index is 584. The first-order valence-electron chi connectivity index (χ1n) is 13.2. The summed E-state index contributed by atoms with van der Waals surface area (Å²) < 4.78 is 29.0. The third-order valence-corrected chi connectivity index (χ3v) is 8.16. The highest BCUT2D eigenvalue weighted by Crippen LogP contribution is 2.43. The maximum absolute atomic E-state index is 12.3. The van der Waals surface area contributed by atoms with E-state index < -0.39 is 6.61 Å². The Morgan fingerprint density at radius 2 is 1.29 bits per heavy atom. The summed E-state index contributed by atoms with van der Waals surface area (Å²) in [7, 11) is 0. The molecule has 176 valence electrons. The van der Waals surface area contributed by atoms with Crippen LogP contribution in [0.1, 0.15) is 109 Å². The molecule has 0 spiro atoms. The van der Waals surface area contributed by atoms with Crippen molar-refractivity contribution in [2.24, 2.45) is 23.7 Å². The summed E-state index contributed by atoms with van der Waals surface area (Å²) in [6.07, 6.45) is 22.5. The molecular weight excluding hydrogens is 390 g/mol. The molecule has 1 aromatic rings. The van der Waals surface area contributed by atoms with Crippen molar-refractivity contribution in [1.82, 2.24) is 0 Å². The van der Waals surface area contributed by atoms with Gasteiger partial charge in [-0.1, -0.05) is 83.3 Å². The molecule has 0 radical (unpaired) electrons. The van der Waals surface area contributed by atoms with E-state index in [1.165, 1.54) is 102 Å². The van der Waals surface area contributed by atoms with Gasteiger partial charge in [0.1, 0.15) is 5.75 Å². The van der Waals surface area contributed by atoms with Gasteiger partial charge in [0.2, 0.25) is 0 Å². The highest BCUT2D eigenvalue weighted by molar-refractivity contribution is 5.27. The predicted octanol–water partition coefficient (Wildman–Crippen LogP) is 9.19. The number of rotatable bonds is 12. The van der Waals surface area contributed by atoms with Crippen LogP contribution in [0.4, 0.5) is 8.78 Å². The minimum atomic E-state index is -2.74. The average molecular weight is 435 g/mol. The zero-order valence-corrected chi connectivity index (χ0v) is 19.7. The van der Waals surface area contributed by atoms with Crippen LogP contribution in [0.15, 0.2) is 24.3 Å². The first kappa shape index (κ1) is 24.5. The fourth-order valence-electron chi connectivity index (χ4n) is 6.14. The average Bonchev–Trinajstić information content (AvgIpc) is 2.79. The Kier molecular flexibility index (Phi) is 10.6. The molecule has 0 aromatic heterocycles. The van der Waals surface area contributed by atoms with Crippen LogP contribution in [0.25, 0.3) is 0 Å². The van der Waals surface area contributed by atoms with E-state index in [1.54, 1.807) is 12.1 Å². The number of ether oxygens (including phenoxy) is 1. The summed E-state index contributed by atoms with van der Waals surface area (Å²) in [6.45, 7) is -0.448. The molecule has 0 saturated heterocycles. The topological polar surface area (TPSA) is 9.23 Å². The predicted molar refractivity (Wildman–Crippen MR) is 126 cm³/mol. The van der Waals surface area contributed by atoms with Crippen molar-refractivity contribution in [1.29, 1.82) is 0 Å². The molecule has 3 heteroatoms. The maximum Gasteiger partial charge on any atom is 0.387 e. The van der Waals surface area contributed by atoms with Crippen LogP contribution in [-0.4, -0.2) is 6.61 Å². The number of benzene rings is 1. The second-order valence-corrected chi connectivity index (χ2v) is 10.3. The molecule has 31 heavy (non-hydrogen) atoms. The molecule has 0 N–H and O–H groups in total. The van der Waals surface area contributed by atoms with Crippen LogP contribution in [0.2, 0.25) is 0 Å². The lowest BCUT2D eigenvalue weighted by atomic mass is 9.68. The number of alkyl halides is 2. The molecule has 1 aromatic carbocycles. The first-order chi connectivity index (χ1) is 15.1. The van der Waals surface area contributed by atoms with Crippen molar-refractivity contribution < 1.29 is 13.5 Å². The van der Waals surface area contributed by atoms with Gasteiger partial charge in [0.15, 0.2) is 0 Å². The number of halogens is 2. The van der Waals surface area contributed by atoms with Crippen LogP contribution in [-0.2, 0) is 6.42 Å². The molecule has 2 fully saturated rings. The maximum atomic E-state index is 12.3. The summed E-state index contributed by atoms with van der Waals surface area (Å²) in [5.41, 5.74) is 1.23. The molecule has 2 aliphatic carbocycles. The van der Waals surface area contributed by atoms with Gasteiger partial charge in [0, 0.05) is 0 Å². The Morgan fingerprint density at radius 1 is 0.742 bits per heavy atom. The fraction of sp³-hybridized carbons (Fsp3) is 0.786. The molecule has 0 aliphatic heterocycles. The van der Waals surface area contributed by atoms with Crippen LogP contribution in [0, 0.1) is 23.7 Å². The van der Waals surface area contributed by atoms with Crippen molar-refractivity contribution in [2.75, 3.05) is 0 Å². The van der Waals surface area contributed by atoms with E-state index in [9.17, 15) is 8.78 Å². The molecule has 0 unspecified atom stereocenters. The Morgan fingerprint density at radius 3 is 1.84 bits per heavy atom. The van der Waals surface area contributed by atoms with E-state index in [0.717, 1.165) is 30.1 Å². The van der Waals surface area contributed by atoms with Crippen LogP contribution in [0.5, 0.6) is 5.75 Å². The van der Waals surface area contributed by atoms with Crippen molar-refractivity contribution in [3.05, 3.63) is 29.8 Å². The molecule has 0 bridgehead atoms. The molecule has 2 saturated carbocycles. The fourth-order valence-corrected chi connectivity index (χ4v) is 6.14. The third-order valence-electron chi connectivity index (χ3n) is 8.16. The Hall–Kier alpha value is -1.12. The zero-order chi connectivity index (χ0) is 21.9. The van der Waals surface area contributed by atoms with Gasteiger partial charge >= 0.3 is 6.61 Å². The highest BCUT2D eigenvalue weighted by atomic mass is 19.3. The number of unbranched alkanes of at least 4 members (excludes halogenated alkanes) is 4. The van der Waals surface area contributed by atoms with Gasteiger partial charge in [-0.2, -0.15) is 8.78 Å². The quantitative estimate of drug-likeness (QED) is 0.298. The molecule has 3 rings (SSSR count). The highest BCUT2D eigenvalue weighted by Gasteiger charge is 2.30. The lowest BCUT2D eigenvalue weighted by Gasteiger charge is -2.38. The smallest absolute Gasteiger partial charge is 0.387 e. The Labute approximate surface area is 189 Å². The van der Waals surface area contributed by atoms with Crippen molar-refractivity contribution in [2.45, 2.75) is 116 Å². The molecule has 0 amide bonds. The van der Waals surface area contributed by atoms with Gasteiger partial charge in [-0.05, 0) is 79.9 Å². The monoisotopic (exact) mass is 434 g/mol. The second-order valence-electron chi connectivity index (χ2n) is 10.3. The SMILES string of the molecule is CCCCCCC[C@H]1CC[C@H]([C@H]2CC[C@H](CCc3ccc(OC(F)F)cc3)CC2)CC1. The minimum absolute atomic E-state index is 0.255.